The fourth-order valence-corrected chi connectivity index (χ4v) is 7.99. The monoisotopic (exact) mass is 700 g/mol. The standard InChI is InChI=1S/C40H40N6O6/c1-23-28(5-3-6-29(23)38-43-33-16-24(15-26(17-41)37(33)52-38)19-45-14-12-27(47)21-45)30-7-4-8-32-31(30)9-10-35(32)51-36-18-42-34(39(44-36)50-2)22-46-13-11-25(20-46)40(48)49/h3-8,15-16,18,25,27,35,47H,9-14,19-22H2,1-2H3,(H,48,49)/t25-,27-,35-/m1/s1. The highest BCUT2D eigenvalue weighted by Crippen LogP contribution is 2.42. The molecule has 0 spiro atoms. The number of aliphatic carboxylic acids is 1. The number of rotatable bonds is 10. The van der Waals surface area contributed by atoms with Crippen LogP contribution in [0.2, 0.25) is 0 Å². The van der Waals surface area contributed by atoms with Crippen molar-refractivity contribution in [2.45, 2.75) is 57.9 Å². The second-order valence-electron chi connectivity index (χ2n) is 14.0. The summed E-state index contributed by atoms with van der Waals surface area (Å²) >= 11 is 0. The first kappa shape index (κ1) is 33.8. The molecule has 12 nitrogen and oxygen atoms in total. The van der Waals surface area contributed by atoms with Gasteiger partial charge in [-0.1, -0.05) is 30.3 Å². The summed E-state index contributed by atoms with van der Waals surface area (Å²) in [6.45, 7) is 5.79. The van der Waals surface area contributed by atoms with Crippen LogP contribution in [0.25, 0.3) is 33.7 Å². The summed E-state index contributed by atoms with van der Waals surface area (Å²) in [5, 5.41) is 29.3. The van der Waals surface area contributed by atoms with Gasteiger partial charge in [0.15, 0.2) is 5.58 Å². The molecule has 52 heavy (non-hydrogen) atoms. The number of methoxy groups -OCH3 is 1. The van der Waals surface area contributed by atoms with Crippen molar-refractivity contribution >= 4 is 17.1 Å². The summed E-state index contributed by atoms with van der Waals surface area (Å²) in [4.78, 5) is 29.8. The number of hydrogen-bond acceptors (Lipinski definition) is 11. The van der Waals surface area contributed by atoms with Crippen LogP contribution in [0.3, 0.4) is 0 Å². The third-order valence-corrected chi connectivity index (χ3v) is 10.6. The third-order valence-electron chi connectivity index (χ3n) is 10.6. The van der Waals surface area contributed by atoms with Gasteiger partial charge in [-0.3, -0.25) is 14.6 Å². The van der Waals surface area contributed by atoms with Crippen molar-refractivity contribution in [3.63, 3.8) is 0 Å². The number of nitriles is 1. The molecule has 0 radical (unpaired) electrons. The number of carbonyl (C=O) groups is 1. The van der Waals surface area contributed by atoms with Crippen molar-refractivity contribution in [1.82, 2.24) is 24.8 Å². The molecule has 0 amide bonds. The number of aliphatic hydroxyl groups is 1. The quantitative estimate of drug-likeness (QED) is 0.184. The van der Waals surface area contributed by atoms with Gasteiger partial charge in [0.25, 0.3) is 0 Å². The lowest BCUT2D eigenvalue weighted by atomic mass is 9.91. The molecular formula is C40H40N6O6. The smallest absolute Gasteiger partial charge is 0.307 e. The number of carboxylic acids is 1. The highest BCUT2D eigenvalue weighted by Gasteiger charge is 2.31. The molecule has 2 aliphatic heterocycles. The Kier molecular flexibility index (Phi) is 9.09. The predicted octanol–water partition coefficient (Wildman–Crippen LogP) is 5.68. The first-order chi connectivity index (χ1) is 25.3. The zero-order chi connectivity index (χ0) is 35.9. The molecule has 4 heterocycles. The fourth-order valence-electron chi connectivity index (χ4n) is 7.99. The molecule has 2 aromatic heterocycles. The topological polar surface area (TPSA) is 158 Å². The Labute approximate surface area is 301 Å². The maximum Gasteiger partial charge on any atom is 0.307 e. The summed E-state index contributed by atoms with van der Waals surface area (Å²) in [5.74, 6) is 0.0854. The molecule has 2 fully saturated rings. The molecule has 2 saturated heterocycles. The molecule has 0 saturated carbocycles. The third kappa shape index (κ3) is 6.47. The second kappa shape index (κ2) is 14.0. The Morgan fingerprint density at radius 3 is 2.58 bits per heavy atom. The summed E-state index contributed by atoms with van der Waals surface area (Å²) in [6.07, 6.45) is 4.08. The normalized spacial score (nSPS) is 20.3. The van der Waals surface area contributed by atoms with E-state index in [9.17, 15) is 20.3 Å². The number of oxazole rings is 1. The first-order valence-corrected chi connectivity index (χ1v) is 17.8. The van der Waals surface area contributed by atoms with Gasteiger partial charge in [0.05, 0.1) is 30.9 Å². The van der Waals surface area contributed by atoms with Crippen LogP contribution < -0.4 is 9.47 Å². The lowest BCUT2D eigenvalue weighted by molar-refractivity contribution is -0.141. The number of β-amino-alcohol motifs (C(OH)–C–C–N with tert-alkyl or cyclic N) is 1. The minimum Gasteiger partial charge on any atom is -0.481 e. The van der Waals surface area contributed by atoms with E-state index in [1.54, 1.807) is 13.3 Å². The predicted molar refractivity (Wildman–Crippen MR) is 192 cm³/mol. The van der Waals surface area contributed by atoms with E-state index < -0.39 is 5.97 Å². The fraction of sp³-hybridized carbons (Fsp3) is 0.375. The summed E-state index contributed by atoms with van der Waals surface area (Å²) in [5.41, 5.74) is 9.58. The minimum atomic E-state index is -0.768. The lowest BCUT2D eigenvalue weighted by Crippen LogP contribution is -2.23. The van der Waals surface area contributed by atoms with Crippen LogP contribution >= 0.6 is 0 Å². The van der Waals surface area contributed by atoms with Gasteiger partial charge in [-0.15, -0.1) is 0 Å². The molecule has 3 atom stereocenters. The average molecular weight is 701 g/mol. The number of ether oxygens (including phenoxy) is 2. The summed E-state index contributed by atoms with van der Waals surface area (Å²) in [6, 6.07) is 18.6. The lowest BCUT2D eigenvalue weighted by Gasteiger charge is -2.18. The van der Waals surface area contributed by atoms with E-state index in [1.807, 2.05) is 24.3 Å². The first-order valence-electron chi connectivity index (χ1n) is 17.8. The molecule has 8 rings (SSSR count). The summed E-state index contributed by atoms with van der Waals surface area (Å²) in [7, 11) is 1.55. The van der Waals surface area contributed by atoms with Crippen molar-refractivity contribution in [3.8, 4) is 40.4 Å². The van der Waals surface area contributed by atoms with E-state index in [4.69, 9.17) is 18.9 Å². The molecule has 5 aromatic rings. The maximum atomic E-state index is 11.4. The molecule has 12 heteroatoms. The van der Waals surface area contributed by atoms with Crippen LogP contribution in [0, 0.1) is 24.2 Å². The summed E-state index contributed by atoms with van der Waals surface area (Å²) < 4.78 is 18.3. The van der Waals surface area contributed by atoms with E-state index in [1.165, 1.54) is 5.56 Å². The van der Waals surface area contributed by atoms with Gasteiger partial charge in [0.2, 0.25) is 17.7 Å². The van der Waals surface area contributed by atoms with E-state index in [-0.39, 0.29) is 18.1 Å². The Bertz CT molecular complexity index is 2210. The molecule has 0 unspecified atom stereocenters. The van der Waals surface area contributed by atoms with Crippen molar-refractivity contribution in [2.24, 2.45) is 5.92 Å². The zero-order valence-electron chi connectivity index (χ0n) is 29.2. The van der Waals surface area contributed by atoms with Crippen LogP contribution in [-0.2, 0) is 24.3 Å². The molecular weight excluding hydrogens is 660 g/mol. The molecule has 266 valence electrons. The van der Waals surface area contributed by atoms with Gasteiger partial charge in [-0.25, -0.2) is 9.97 Å². The molecule has 2 N–H and O–H groups in total. The largest absolute Gasteiger partial charge is 0.481 e. The zero-order valence-corrected chi connectivity index (χ0v) is 29.2. The van der Waals surface area contributed by atoms with Gasteiger partial charge in [-0.05, 0) is 90.7 Å². The van der Waals surface area contributed by atoms with Gasteiger partial charge >= 0.3 is 5.97 Å². The molecule has 0 bridgehead atoms. The van der Waals surface area contributed by atoms with Crippen LogP contribution in [0.1, 0.15) is 58.9 Å². The van der Waals surface area contributed by atoms with Crippen LogP contribution in [0.4, 0.5) is 0 Å². The Morgan fingerprint density at radius 2 is 1.81 bits per heavy atom. The van der Waals surface area contributed by atoms with Gasteiger partial charge < -0.3 is 24.1 Å². The number of aromatic nitrogens is 3. The van der Waals surface area contributed by atoms with Gasteiger partial charge in [-0.2, -0.15) is 10.2 Å². The van der Waals surface area contributed by atoms with Crippen LogP contribution in [0.5, 0.6) is 11.8 Å². The van der Waals surface area contributed by atoms with E-state index in [0.717, 1.165) is 59.2 Å². The number of likely N-dealkylation sites (tertiary alicyclic amines) is 2. The van der Waals surface area contributed by atoms with Crippen molar-refractivity contribution in [3.05, 3.63) is 88.2 Å². The number of nitrogens with zero attached hydrogens (tertiary/aromatic N) is 6. The highest BCUT2D eigenvalue weighted by atomic mass is 16.5. The van der Waals surface area contributed by atoms with E-state index in [2.05, 4.69) is 57.0 Å². The second-order valence-corrected chi connectivity index (χ2v) is 14.0. The number of carboxylic acid groups (broad SMARTS) is 1. The van der Waals surface area contributed by atoms with Gasteiger partial charge in [0.1, 0.15) is 23.4 Å². The molecule has 1 aliphatic carbocycles. The molecule has 3 aliphatic rings. The number of fused-ring (bicyclic) bond motifs is 2. The minimum absolute atomic E-state index is 0.210. The van der Waals surface area contributed by atoms with Crippen molar-refractivity contribution in [1.29, 1.82) is 5.26 Å². The highest BCUT2D eigenvalue weighted by molar-refractivity contribution is 5.85. The number of hydrogen-bond donors (Lipinski definition) is 2. The average Bonchev–Trinajstić information content (AvgIpc) is 3.96. The van der Waals surface area contributed by atoms with Crippen LogP contribution in [0.15, 0.2) is 59.1 Å². The maximum absolute atomic E-state index is 11.4. The number of benzene rings is 3. The van der Waals surface area contributed by atoms with Crippen LogP contribution in [-0.4, -0.2) is 80.3 Å². The molecule has 3 aromatic carbocycles. The SMILES string of the molecule is COc1nc(O[C@@H]2CCc3c(-c4cccc(-c5nc6cc(CN7CC[C@@H](O)C7)cc(C#N)c6o5)c4C)cccc32)cnc1CN1CC[C@@H](C(=O)O)C1. The Balaban J connectivity index is 1.03. The van der Waals surface area contributed by atoms with E-state index >= 15 is 0 Å². The number of aliphatic hydroxyl groups excluding tert-OH is 1. The van der Waals surface area contributed by atoms with Crippen molar-refractivity contribution < 1.29 is 28.9 Å². The van der Waals surface area contributed by atoms with Gasteiger partial charge in [0, 0.05) is 38.3 Å². The Hall–Kier alpha value is -5.35. The van der Waals surface area contributed by atoms with E-state index in [0.29, 0.717) is 79.2 Å². The van der Waals surface area contributed by atoms with Crippen molar-refractivity contribution in [2.75, 3.05) is 33.3 Å². The Morgan fingerprint density at radius 1 is 1.02 bits per heavy atom.